The first-order valence-electron chi connectivity index (χ1n) is 7.45. The minimum Gasteiger partial charge on any atom is -0.481 e. The molecule has 2 unspecified atom stereocenters. The van der Waals surface area contributed by atoms with E-state index in [0.717, 1.165) is 24.1 Å². The highest BCUT2D eigenvalue weighted by atomic mass is 16.4. The topological polar surface area (TPSA) is 83.6 Å². The van der Waals surface area contributed by atoms with E-state index in [1.165, 1.54) is 0 Å². The average molecular weight is 288 g/mol. The van der Waals surface area contributed by atoms with Gasteiger partial charge in [-0.1, -0.05) is 18.2 Å². The highest BCUT2D eigenvalue weighted by molar-refractivity contribution is 5.96. The van der Waals surface area contributed by atoms with E-state index in [4.69, 9.17) is 5.73 Å². The highest BCUT2D eigenvalue weighted by Gasteiger charge is 2.35. The lowest BCUT2D eigenvalue weighted by atomic mass is 9.89. The minimum atomic E-state index is -0.829. The Labute approximate surface area is 123 Å². The number of carboxylic acid groups (broad SMARTS) is 1. The maximum absolute atomic E-state index is 12.5. The molecule has 1 aromatic carbocycles. The monoisotopic (exact) mass is 288 g/mol. The normalized spacial score (nSPS) is 22.5. The van der Waals surface area contributed by atoms with Gasteiger partial charge in [0.1, 0.15) is 0 Å². The maximum atomic E-state index is 12.5. The molecule has 5 nitrogen and oxygen atoms in total. The molecule has 0 bridgehead atoms. The van der Waals surface area contributed by atoms with Crippen LogP contribution in [-0.2, 0) is 9.59 Å². The van der Waals surface area contributed by atoms with Crippen LogP contribution in [-0.4, -0.2) is 29.6 Å². The fourth-order valence-corrected chi connectivity index (χ4v) is 3.08. The first kappa shape index (κ1) is 14.1. The van der Waals surface area contributed by atoms with Crippen LogP contribution in [0.1, 0.15) is 37.2 Å². The van der Waals surface area contributed by atoms with E-state index in [2.05, 4.69) is 0 Å². The summed E-state index contributed by atoms with van der Waals surface area (Å²) < 4.78 is 0. The molecule has 3 rings (SSSR count). The SMILES string of the molecule is NC(CC(=O)N1CCC(C(=O)O)c2ccccc21)C1CC1. The number of carbonyl (C=O) groups excluding carboxylic acids is 1. The van der Waals surface area contributed by atoms with Gasteiger partial charge in [-0.2, -0.15) is 0 Å². The largest absolute Gasteiger partial charge is 0.481 e. The molecule has 3 N–H and O–H groups in total. The van der Waals surface area contributed by atoms with Crippen LogP contribution in [0.5, 0.6) is 0 Å². The molecule has 5 heteroatoms. The van der Waals surface area contributed by atoms with Crippen molar-refractivity contribution < 1.29 is 14.7 Å². The van der Waals surface area contributed by atoms with Gasteiger partial charge in [0.2, 0.25) is 5.91 Å². The Morgan fingerprint density at radius 3 is 2.67 bits per heavy atom. The summed E-state index contributed by atoms with van der Waals surface area (Å²) in [5, 5.41) is 9.31. The third-order valence-electron chi connectivity index (χ3n) is 4.48. The lowest BCUT2D eigenvalue weighted by Gasteiger charge is -2.33. The van der Waals surface area contributed by atoms with E-state index in [1.54, 1.807) is 11.0 Å². The number of para-hydroxylation sites is 1. The van der Waals surface area contributed by atoms with Crippen LogP contribution in [0, 0.1) is 5.92 Å². The van der Waals surface area contributed by atoms with Gasteiger partial charge in [-0.05, 0) is 36.8 Å². The van der Waals surface area contributed by atoms with Crippen LogP contribution < -0.4 is 10.6 Å². The summed E-state index contributed by atoms with van der Waals surface area (Å²) >= 11 is 0. The van der Waals surface area contributed by atoms with E-state index < -0.39 is 11.9 Å². The van der Waals surface area contributed by atoms with Crippen molar-refractivity contribution in [1.82, 2.24) is 0 Å². The van der Waals surface area contributed by atoms with Gasteiger partial charge < -0.3 is 15.7 Å². The fraction of sp³-hybridized carbons (Fsp3) is 0.500. The second-order valence-corrected chi connectivity index (χ2v) is 5.99. The zero-order chi connectivity index (χ0) is 15.0. The van der Waals surface area contributed by atoms with Gasteiger partial charge in [-0.15, -0.1) is 0 Å². The molecule has 2 aliphatic rings. The van der Waals surface area contributed by atoms with Gasteiger partial charge in [-0.3, -0.25) is 9.59 Å². The van der Waals surface area contributed by atoms with Crippen molar-refractivity contribution in [1.29, 1.82) is 0 Å². The van der Waals surface area contributed by atoms with Gasteiger partial charge in [0, 0.05) is 24.7 Å². The molecule has 0 radical (unpaired) electrons. The van der Waals surface area contributed by atoms with Crippen molar-refractivity contribution in [3.8, 4) is 0 Å². The zero-order valence-corrected chi connectivity index (χ0v) is 11.9. The van der Waals surface area contributed by atoms with Crippen molar-refractivity contribution in [3.05, 3.63) is 29.8 Å². The third kappa shape index (κ3) is 2.78. The van der Waals surface area contributed by atoms with Gasteiger partial charge in [-0.25, -0.2) is 0 Å². The Bertz CT molecular complexity index is 568. The molecular weight excluding hydrogens is 268 g/mol. The van der Waals surface area contributed by atoms with Crippen LogP contribution in [0.15, 0.2) is 24.3 Å². The van der Waals surface area contributed by atoms with E-state index >= 15 is 0 Å². The molecule has 21 heavy (non-hydrogen) atoms. The number of benzene rings is 1. The second-order valence-electron chi connectivity index (χ2n) is 5.99. The third-order valence-corrected chi connectivity index (χ3v) is 4.48. The van der Waals surface area contributed by atoms with Crippen LogP contribution in [0.25, 0.3) is 0 Å². The number of fused-ring (bicyclic) bond motifs is 1. The summed E-state index contributed by atoms with van der Waals surface area (Å²) in [6.45, 7) is 0.449. The number of hydrogen-bond acceptors (Lipinski definition) is 3. The number of rotatable bonds is 4. The predicted molar refractivity (Wildman–Crippen MR) is 79.1 cm³/mol. The molecule has 1 heterocycles. The predicted octanol–water partition coefficient (Wildman–Crippen LogP) is 1.72. The van der Waals surface area contributed by atoms with Crippen molar-refractivity contribution in [2.45, 2.75) is 37.6 Å². The molecule has 0 spiro atoms. The molecule has 1 aromatic rings. The second kappa shape index (κ2) is 5.48. The molecule has 1 aliphatic carbocycles. The van der Waals surface area contributed by atoms with Gasteiger partial charge in [0.05, 0.1) is 5.92 Å². The number of carboxylic acids is 1. The van der Waals surface area contributed by atoms with Crippen molar-refractivity contribution in [2.75, 3.05) is 11.4 Å². The van der Waals surface area contributed by atoms with Crippen molar-refractivity contribution >= 4 is 17.6 Å². The molecule has 2 atom stereocenters. The van der Waals surface area contributed by atoms with Gasteiger partial charge in [0.15, 0.2) is 0 Å². The first-order chi connectivity index (χ1) is 10.1. The number of nitrogens with two attached hydrogens (primary N) is 1. The first-order valence-corrected chi connectivity index (χ1v) is 7.45. The summed E-state index contributed by atoms with van der Waals surface area (Å²) in [4.78, 5) is 25.5. The van der Waals surface area contributed by atoms with Gasteiger partial charge in [0.25, 0.3) is 0 Å². The maximum Gasteiger partial charge on any atom is 0.311 e. The van der Waals surface area contributed by atoms with Crippen molar-refractivity contribution in [3.63, 3.8) is 0 Å². The summed E-state index contributed by atoms with van der Waals surface area (Å²) in [7, 11) is 0. The molecule has 112 valence electrons. The van der Waals surface area contributed by atoms with Crippen LogP contribution in [0.2, 0.25) is 0 Å². The molecule has 1 fully saturated rings. The molecule has 1 amide bonds. The molecule has 1 saturated carbocycles. The number of anilines is 1. The Hall–Kier alpha value is -1.88. The number of amides is 1. The minimum absolute atomic E-state index is 0.00527. The smallest absolute Gasteiger partial charge is 0.311 e. The molecule has 0 saturated heterocycles. The molecule has 1 aliphatic heterocycles. The fourth-order valence-electron chi connectivity index (χ4n) is 3.08. The number of aliphatic carboxylic acids is 1. The Morgan fingerprint density at radius 2 is 2.00 bits per heavy atom. The Morgan fingerprint density at radius 1 is 1.29 bits per heavy atom. The van der Waals surface area contributed by atoms with Crippen LogP contribution >= 0.6 is 0 Å². The lowest BCUT2D eigenvalue weighted by molar-refractivity contribution is -0.139. The number of carbonyl (C=O) groups is 2. The summed E-state index contributed by atoms with van der Waals surface area (Å²) in [5.41, 5.74) is 7.49. The number of nitrogens with zero attached hydrogens (tertiary/aromatic N) is 1. The Balaban J connectivity index is 1.81. The van der Waals surface area contributed by atoms with E-state index in [1.807, 2.05) is 18.2 Å². The standard InChI is InChI=1S/C16H20N2O3/c17-13(10-5-6-10)9-15(19)18-8-7-12(16(20)21)11-3-1-2-4-14(11)18/h1-4,10,12-13H,5-9,17H2,(H,20,21). The van der Waals surface area contributed by atoms with Crippen molar-refractivity contribution in [2.24, 2.45) is 11.7 Å². The summed E-state index contributed by atoms with van der Waals surface area (Å²) in [5.74, 6) is -0.863. The quantitative estimate of drug-likeness (QED) is 0.883. The summed E-state index contributed by atoms with van der Waals surface area (Å²) in [6.07, 6.45) is 3.03. The average Bonchev–Trinajstić information content (AvgIpc) is 3.30. The Kier molecular flexibility index (Phi) is 3.68. The summed E-state index contributed by atoms with van der Waals surface area (Å²) in [6, 6.07) is 7.21. The zero-order valence-electron chi connectivity index (χ0n) is 11.9. The molecular formula is C16H20N2O3. The van der Waals surface area contributed by atoms with E-state index in [0.29, 0.717) is 25.3 Å². The molecule has 0 aromatic heterocycles. The van der Waals surface area contributed by atoms with E-state index in [9.17, 15) is 14.7 Å². The van der Waals surface area contributed by atoms with E-state index in [-0.39, 0.29) is 11.9 Å². The van der Waals surface area contributed by atoms with Crippen LogP contribution in [0.3, 0.4) is 0 Å². The number of hydrogen-bond donors (Lipinski definition) is 2. The lowest BCUT2D eigenvalue weighted by Crippen LogP contribution is -2.41. The van der Waals surface area contributed by atoms with Crippen LogP contribution in [0.4, 0.5) is 5.69 Å². The highest BCUT2D eigenvalue weighted by Crippen LogP contribution is 2.37. The van der Waals surface area contributed by atoms with Gasteiger partial charge >= 0.3 is 5.97 Å².